The van der Waals surface area contributed by atoms with Gasteiger partial charge in [-0.15, -0.1) is 0 Å². The zero-order chi connectivity index (χ0) is 12.3. The van der Waals surface area contributed by atoms with Gasteiger partial charge in [0.1, 0.15) is 5.75 Å². The van der Waals surface area contributed by atoms with Gasteiger partial charge >= 0.3 is 0 Å². The van der Waals surface area contributed by atoms with E-state index in [1.165, 1.54) is 12.8 Å². The summed E-state index contributed by atoms with van der Waals surface area (Å²) in [6.45, 7) is 4.58. The summed E-state index contributed by atoms with van der Waals surface area (Å²) in [5, 5.41) is 13.5. The number of aliphatic hydroxyl groups excluding tert-OH is 1. The number of aliphatic hydroxyl groups is 1. The lowest BCUT2D eigenvalue weighted by molar-refractivity contribution is 0.162. The van der Waals surface area contributed by atoms with Crippen LogP contribution in [0.1, 0.15) is 38.4 Å². The molecule has 2 N–H and O–H groups in total. The van der Waals surface area contributed by atoms with E-state index in [9.17, 15) is 5.11 Å². The van der Waals surface area contributed by atoms with Gasteiger partial charge in [-0.3, -0.25) is 0 Å². The van der Waals surface area contributed by atoms with Crippen LogP contribution >= 0.6 is 0 Å². The molecule has 3 heteroatoms. The first-order valence-electron chi connectivity index (χ1n) is 6.34. The van der Waals surface area contributed by atoms with Crippen LogP contribution in [0.5, 0.6) is 5.75 Å². The molecule has 0 spiro atoms. The third-order valence-electron chi connectivity index (χ3n) is 2.82. The van der Waals surface area contributed by atoms with Crippen molar-refractivity contribution in [2.24, 2.45) is 0 Å². The molecule has 94 valence electrons. The van der Waals surface area contributed by atoms with Crippen molar-refractivity contribution >= 4 is 0 Å². The summed E-state index contributed by atoms with van der Waals surface area (Å²) >= 11 is 0. The molecular formula is C14H21NO2. The second kappa shape index (κ2) is 5.52. The number of benzene rings is 1. The monoisotopic (exact) mass is 235 g/mol. The number of hydrogen-bond donors (Lipinski definition) is 2. The van der Waals surface area contributed by atoms with Crippen molar-refractivity contribution in [3.63, 3.8) is 0 Å². The number of nitrogens with one attached hydrogen (secondary N) is 1. The maximum atomic E-state index is 10.1. The van der Waals surface area contributed by atoms with Crippen molar-refractivity contribution in [2.75, 3.05) is 6.54 Å². The van der Waals surface area contributed by atoms with Crippen LogP contribution in [0.25, 0.3) is 0 Å². The Bertz CT molecular complexity index is 361. The molecule has 1 aliphatic rings. The smallest absolute Gasteiger partial charge is 0.125 e. The van der Waals surface area contributed by atoms with E-state index >= 15 is 0 Å². The summed E-state index contributed by atoms with van der Waals surface area (Å²) in [5.74, 6) is 0.785. The van der Waals surface area contributed by atoms with Gasteiger partial charge in [0, 0.05) is 18.2 Å². The van der Waals surface area contributed by atoms with Crippen LogP contribution in [0, 0.1) is 0 Å². The Morgan fingerprint density at radius 1 is 1.35 bits per heavy atom. The zero-order valence-electron chi connectivity index (χ0n) is 10.5. The van der Waals surface area contributed by atoms with Gasteiger partial charge in [-0.25, -0.2) is 0 Å². The molecule has 0 saturated heterocycles. The van der Waals surface area contributed by atoms with E-state index in [0.29, 0.717) is 12.6 Å². The molecule has 1 aromatic rings. The normalized spacial score (nSPS) is 17.2. The van der Waals surface area contributed by atoms with Crippen LogP contribution < -0.4 is 10.1 Å². The molecule has 0 aromatic heterocycles. The van der Waals surface area contributed by atoms with Crippen LogP contribution in [-0.2, 0) is 0 Å². The number of ether oxygens (including phenoxy) is 1. The summed E-state index contributed by atoms with van der Waals surface area (Å²) < 4.78 is 5.70. The van der Waals surface area contributed by atoms with Gasteiger partial charge in [-0.1, -0.05) is 18.2 Å². The first-order chi connectivity index (χ1) is 8.16. The average Bonchev–Trinajstić information content (AvgIpc) is 3.09. The Hall–Kier alpha value is -1.06. The van der Waals surface area contributed by atoms with Gasteiger partial charge in [0.05, 0.1) is 12.2 Å². The Morgan fingerprint density at radius 3 is 2.71 bits per heavy atom. The lowest BCUT2D eigenvalue weighted by Gasteiger charge is -2.18. The zero-order valence-corrected chi connectivity index (χ0v) is 10.5. The van der Waals surface area contributed by atoms with Crippen molar-refractivity contribution < 1.29 is 9.84 Å². The van der Waals surface area contributed by atoms with Gasteiger partial charge in [0.2, 0.25) is 0 Å². The number of para-hydroxylation sites is 1. The molecule has 17 heavy (non-hydrogen) atoms. The van der Waals surface area contributed by atoms with E-state index < -0.39 is 6.10 Å². The maximum absolute atomic E-state index is 10.1. The first kappa shape index (κ1) is 12.4. The predicted octanol–water partition coefficient (Wildman–Crippen LogP) is 2.26. The molecular weight excluding hydrogens is 214 g/mol. The molecule has 1 unspecified atom stereocenters. The molecule has 1 aromatic carbocycles. The lowest BCUT2D eigenvalue weighted by atomic mass is 10.1. The Balaban J connectivity index is 2.00. The predicted molar refractivity (Wildman–Crippen MR) is 68.2 cm³/mol. The van der Waals surface area contributed by atoms with Gasteiger partial charge in [0.25, 0.3) is 0 Å². The maximum Gasteiger partial charge on any atom is 0.125 e. The molecule has 3 nitrogen and oxygen atoms in total. The molecule has 1 saturated carbocycles. The molecule has 2 rings (SSSR count). The minimum Gasteiger partial charge on any atom is -0.491 e. The van der Waals surface area contributed by atoms with Gasteiger partial charge in [-0.05, 0) is 32.8 Å². The Kier molecular flexibility index (Phi) is 4.02. The Morgan fingerprint density at radius 2 is 2.06 bits per heavy atom. The van der Waals surface area contributed by atoms with E-state index in [1.54, 1.807) is 0 Å². The summed E-state index contributed by atoms with van der Waals surface area (Å²) in [7, 11) is 0. The van der Waals surface area contributed by atoms with E-state index in [2.05, 4.69) is 5.32 Å². The van der Waals surface area contributed by atoms with Crippen LogP contribution in [0.15, 0.2) is 24.3 Å². The Labute approximate surface area is 103 Å². The van der Waals surface area contributed by atoms with Gasteiger partial charge in [0.15, 0.2) is 0 Å². The number of rotatable bonds is 6. The largest absolute Gasteiger partial charge is 0.491 e. The average molecular weight is 235 g/mol. The summed E-state index contributed by atoms with van der Waals surface area (Å²) in [6, 6.07) is 8.32. The van der Waals surface area contributed by atoms with Crippen molar-refractivity contribution in [3.05, 3.63) is 29.8 Å². The fourth-order valence-electron chi connectivity index (χ4n) is 1.79. The molecule has 0 bridgehead atoms. The second-order valence-corrected chi connectivity index (χ2v) is 4.90. The lowest BCUT2D eigenvalue weighted by Crippen LogP contribution is -2.24. The number of hydrogen-bond acceptors (Lipinski definition) is 3. The van der Waals surface area contributed by atoms with Gasteiger partial charge in [-0.2, -0.15) is 0 Å². The minimum absolute atomic E-state index is 0.125. The highest BCUT2D eigenvalue weighted by atomic mass is 16.5. The second-order valence-electron chi connectivity index (χ2n) is 4.90. The third-order valence-corrected chi connectivity index (χ3v) is 2.82. The van der Waals surface area contributed by atoms with Gasteiger partial charge < -0.3 is 15.2 Å². The molecule has 1 atom stereocenters. The minimum atomic E-state index is -0.495. The quantitative estimate of drug-likeness (QED) is 0.794. The van der Waals surface area contributed by atoms with Crippen LogP contribution in [0.4, 0.5) is 0 Å². The van der Waals surface area contributed by atoms with Crippen LogP contribution in [0.2, 0.25) is 0 Å². The van der Waals surface area contributed by atoms with Crippen molar-refractivity contribution in [2.45, 2.75) is 44.9 Å². The molecule has 0 heterocycles. The highest BCUT2D eigenvalue weighted by Crippen LogP contribution is 2.26. The SMILES string of the molecule is CC(C)Oc1ccccc1C(O)CNC1CC1. The van der Waals surface area contributed by atoms with E-state index in [0.717, 1.165) is 11.3 Å². The fraction of sp³-hybridized carbons (Fsp3) is 0.571. The van der Waals surface area contributed by atoms with E-state index in [-0.39, 0.29) is 6.10 Å². The molecule has 1 aliphatic carbocycles. The van der Waals surface area contributed by atoms with Crippen molar-refractivity contribution in [3.8, 4) is 5.75 Å². The highest BCUT2D eigenvalue weighted by Gasteiger charge is 2.22. The summed E-state index contributed by atoms with van der Waals surface area (Å²) in [4.78, 5) is 0. The first-order valence-corrected chi connectivity index (χ1v) is 6.34. The molecule has 0 aliphatic heterocycles. The highest BCUT2D eigenvalue weighted by molar-refractivity contribution is 5.35. The molecule has 0 amide bonds. The third kappa shape index (κ3) is 3.72. The fourth-order valence-corrected chi connectivity index (χ4v) is 1.79. The molecule has 1 fully saturated rings. The summed E-state index contributed by atoms with van der Waals surface area (Å²) in [5.41, 5.74) is 0.870. The van der Waals surface area contributed by atoms with E-state index in [1.807, 2.05) is 38.1 Å². The topological polar surface area (TPSA) is 41.5 Å². The standard InChI is InChI=1S/C14H21NO2/c1-10(2)17-14-6-4-3-5-12(14)13(16)9-15-11-7-8-11/h3-6,10-11,13,15-16H,7-9H2,1-2H3. The van der Waals surface area contributed by atoms with Crippen molar-refractivity contribution in [1.82, 2.24) is 5.32 Å². The van der Waals surface area contributed by atoms with Crippen molar-refractivity contribution in [1.29, 1.82) is 0 Å². The summed E-state index contributed by atoms with van der Waals surface area (Å²) in [6.07, 6.45) is 2.10. The van der Waals surface area contributed by atoms with Crippen LogP contribution in [0.3, 0.4) is 0 Å². The van der Waals surface area contributed by atoms with Crippen LogP contribution in [-0.4, -0.2) is 23.8 Å². The molecule has 0 radical (unpaired) electrons. The van der Waals surface area contributed by atoms with E-state index in [4.69, 9.17) is 4.74 Å².